The van der Waals surface area contributed by atoms with Gasteiger partial charge in [-0.3, -0.25) is 4.79 Å². The van der Waals surface area contributed by atoms with E-state index in [1.54, 1.807) is 0 Å². The molecule has 24 heavy (non-hydrogen) atoms. The minimum Gasteiger partial charge on any atom is -0.466 e. The highest BCUT2D eigenvalue weighted by atomic mass is 16.3. The molecule has 1 aromatic carbocycles. The Morgan fingerprint density at radius 3 is 2.25 bits per heavy atom. The predicted octanol–water partition coefficient (Wildman–Crippen LogP) is 4.62. The van der Waals surface area contributed by atoms with E-state index in [1.807, 2.05) is 51.1 Å². The van der Waals surface area contributed by atoms with Gasteiger partial charge >= 0.3 is 0 Å². The Kier molecular flexibility index (Phi) is 5.71. The van der Waals surface area contributed by atoms with Gasteiger partial charge in [0.15, 0.2) is 0 Å². The van der Waals surface area contributed by atoms with Crippen LogP contribution in [0.5, 0.6) is 0 Å². The van der Waals surface area contributed by atoms with E-state index in [2.05, 4.69) is 31.0 Å². The normalized spacial score (nSPS) is 12.3. The number of benzene rings is 1. The van der Waals surface area contributed by atoms with Gasteiger partial charge in [0.25, 0.3) is 5.91 Å². The molecule has 0 spiro atoms. The van der Waals surface area contributed by atoms with Crippen LogP contribution in [0.15, 0.2) is 34.7 Å². The van der Waals surface area contributed by atoms with Crippen LogP contribution in [0.3, 0.4) is 0 Å². The van der Waals surface area contributed by atoms with Crippen LogP contribution in [0.1, 0.15) is 61.2 Å². The second kappa shape index (κ2) is 7.56. The van der Waals surface area contributed by atoms with Crippen LogP contribution in [0.2, 0.25) is 0 Å². The van der Waals surface area contributed by atoms with Crippen molar-refractivity contribution in [2.24, 2.45) is 0 Å². The maximum atomic E-state index is 12.5. The zero-order chi connectivity index (χ0) is 17.9. The maximum absolute atomic E-state index is 12.5. The van der Waals surface area contributed by atoms with E-state index < -0.39 is 0 Å². The molecule has 1 aromatic heterocycles. The molecular formula is C20H28N2O2. The quantitative estimate of drug-likeness (QED) is 0.841. The van der Waals surface area contributed by atoms with Gasteiger partial charge in [-0.1, -0.05) is 0 Å². The Morgan fingerprint density at radius 2 is 1.79 bits per heavy atom. The Bertz CT molecular complexity index is 686. The molecule has 0 aliphatic rings. The van der Waals surface area contributed by atoms with Crippen LogP contribution in [0.25, 0.3) is 0 Å². The third-order valence-corrected chi connectivity index (χ3v) is 4.32. The van der Waals surface area contributed by atoms with E-state index in [0.29, 0.717) is 11.6 Å². The molecule has 0 aliphatic carbocycles. The number of carbonyl (C=O) groups is 1. The van der Waals surface area contributed by atoms with Crippen LogP contribution in [-0.4, -0.2) is 18.5 Å². The summed E-state index contributed by atoms with van der Waals surface area (Å²) >= 11 is 0. The molecule has 4 nitrogen and oxygen atoms in total. The van der Waals surface area contributed by atoms with E-state index in [0.717, 1.165) is 29.3 Å². The number of rotatable bonds is 6. The van der Waals surface area contributed by atoms with Gasteiger partial charge in [0.05, 0.1) is 6.04 Å². The maximum Gasteiger partial charge on any atom is 0.251 e. The van der Waals surface area contributed by atoms with E-state index in [-0.39, 0.29) is 11.9 Å². The molecule has 0 fully saturated rings. The zero-order valence-corrected chi connectivity index (χ0v) is 15.5. The first-order valence-electron chi connectivity index (χ1n) is 8.58. The number of carbonyl (C=O) groups excluding carboxylic acids is 1. The Balaban J connectivity index is 2.08. The van der Waals surface area contributed by atoms with Crippen molar-refractivity contribution in [3.05, 3.63) is 53.0 Å². The summed E-state index contributed by atoms with van der Waals surface area (Å²) in [7, 11) is 0. The molecule has 0 bridgehead atoms. The molecule has 1 amide bonds. The van der Waals surface area contributed by atoms with Gasteiger partial charge in [-0.05, 0) is 71.9 Å². The largest absolute Gasteiger partial charge is 0.466 e. The fraction of sp³-hybridized carbons (Fsp3) is 0.450. The van der Waals surface area contributed by atoms with Gasteiger partial charge in [-0.25, -0.2) is 0 Å². The summed E-state index contributed by atoms with van der Waals surface area (Å²) in [6, 6.07) is 10.1. The standard InChI is InChI=1S/C20H28N2O2/c1-7-22(13(2)3)18-10-8-17(9-11-18)20(23)21-15(5)19-12-14(4)24-16(19)6/h8-13,15H,7H2,1-6H3,(H,21,23). The number of aryl methyl sites for hydroxylation is 2. The number of amides is 1. The fourth-order valence-corrected chi connectivity index (χ4v) is 3.09. The number of hydrogen-bond acceptors (Lipinski definition) is 3. The molecule has 2 rings (SSSR count). The molecular weight excluding hydrogens is 300 g/mol. The summed E-state index contributed by atoms with van der Waals surface area (Å²) in [4.78, 5) is 14.8. The lowest BCUT2D eigenvalue weighted by Gasteiger charge is -2.27. The number of hydrogen-bond donors (Lipinski definition) is 1. The van der Waals surface area contributed by atoms with Crippen molar-refractivity contribution < 1.29 is 9.21 Å². The van der Waals surface area contributed by atoms with Gasteiger partial charge in [-0.15, -0.1) is 0 Å². The molecule has 1 unspecified atom stereocenters. The fourth-order valence-electron chi connectivity index (χ4n) is 3.09. The lowest BCUT2D eigenvalue weighted by molar-refractivity contribution is 0.0939. The highest BCUT2D eigenvalue weighted by Gasteiger charge is 2.16. The third kappa shape index (κ3) is 3.99. The lowest BCUT2D eigenvalue weighted by atomic mass is 10.1. The van der Waals surface area contributed by atoms with Crippen molar-refractivity contribution >= 4 is 11.6 Å². The molecule has 0 saturated carbocycles. The molecule has 1 atom stereocenters. The molecule has 0 saturated heterocycles. The van der Waals surface area contributed by atoms with Gasteiger partial charge in [0.2, 0.25) is 0 Å². The average Bonchev–Trinajstić information content (AvgIpc) is 2.87. The monoisotopic (exact) mass is 328 g/mol. The minimum atomic E-state index is -0.0857. The van der Waals surface area contributed by atoms with Crippen molar-refractivity contribution in [3.8, 4) is 0 Å². The summed E-state index contributed by atoms with van der Waals surface area (Å²) in [5, 5.41) is 3.04. The highest BCUT2D eigenvalue weighted by Crippen LogP contribution is 2.22. The molecule has 1 heterocycles. The summed E-state index contributed by atoms with van der Waals surface area (Å²) < 4.78 is 5.54. The highest BCUT2D eigenvalue weighted by molar-refractivity contribution is 5.94. The summed E-state index contributed by atoms with van der Waals surface area (Å²) in [6.45, 7) is 13.2. The van der Waals surface area contributed by atoms with Gasteiger partial charge < -0.3 is 14.6 Å². The second-order valence-corrected chi connectivity index (χ2v) is 6.49. The Labute approximate surface area is 144 Å². The smallest absolute Gasteiger partial charge is 0.251 e. The van der Waals surface area contributed by atoms with Crippen molar-refractivity contribution in [1.82, 2.24) is 5.32 Å². The first-order chi connectivity index (χ1) is 11.3. The number of nitrogens with one attached hydrogen (secondary N) is 1. The van der Waals surface area contributed by atoms with E-state index >= 15 is 0 Å². The Morgan fingerprint density at radius 1 is 1.17 bits per heavy atom. The third-order valence-electron chi connectivity index (χ3n) is 4.32. The first-order valence-corrected chi connectivity index (χ1v) is 8.58. The van der Waals surface area contributed by atoms with Gasteiger partial charge in [0, 0.05) is 29.4 Å². The summed E-state index contributed by atoms with van der Waals surface area (Å²) in [5.41, 5.74) is 2.83. The average molecular weight is 328 g/mol. The number of furan rings is 1. The van der Waals surface area contributed by atoms with Crippen LogP contribution in [0.4, 0.5) is 5.69 Å². The molecule has 1 N–H and O–H groups in total. The SMILES string of the molecule is CCN(c1ccc(C(=O)NC(C)c2cc(C)oc2C)cc1)C(C)C. The van der Waals surface area contributed by atoms with E-state index in [9.17, 15) is 4.79 Å². The molecule has 0 aliphatic heterocycles. The lowest BCUT2D eigenvalue weighted by Crippen LogP contribution is -2.30. The number of nitrogens with zero attached hydrogens (tertiary/aromatic N) is 1. The minimum absolute atomic E-state index is 0.0695. The van der Waals surface area contributed by atoms with Crippen LogP contribution in [0, 0.1) is 13.8 Å². The van der Waals surface area contributed by atoms with Crippen LogP contribution >= 0.6 is 0 Å². The number of anilines is 1. The van der Waals surface area contributed by atoms with E-state index in [4.69, 9.17) is 4.42 Å². The molecule has 4 heteroatoms. The summed E-state index contributed by atoms with van der Waals surface area (Å²) in [5.74, 6) is 1.65. The second-order valence-electron chi connectivity index (χ2n) is 6.49. The molecule has 2 aromatic rings. The topological polar surface area (TPSA) is 45.5 Å². The first kappa shape index (κ1) is 18.1. The van der Waals surface area contributed by atoms with Crippen molar-refractivity contribution in [3.63, 3.8) is 0 Å². The van der Waals surface area contributed by atoms with Gasteiger partial charge in [-0.2, -0.15) is 0 Å². The van der Waals surface area contributed by atoms with Crippen molar-refractivity contribution in [1.29, 1.82) is 0 Å². The molecule has 0 radical (unpaired) electrons. The van der Waals surface area contributed by atoms with Crippen LogP contribution in [-0.2, 0) is 0 Å². The van der Waals surface area contributed by atoms with Gasteiger partial charge in [0.1, 0.15) is 11.5 Å². The Hall–Kier alpha value is -2.23. The van der Waals surface area contributed by atoms with Crippen molar-refractivity contribution in [2.75, 3.05) is 11.4 Å². The summed E-state index contributed by atoms with van der Waals surface area (Å²) in [6.07, 6.45) is 0. The predicted molar refractivity (Wildman–Crippen MR) is 98.7 cm³/mol. The molecule has 130 valence electrons. The van der Waals surface area contributed by atoms with E-state index in [1.165, 1.54) is 0 Å². The van der Waals surface area contributed by atoms with Crippen molar-refractivity contribution in [2.45, 2.75) is 53.6 Å². The van der Waals surface area contributed by atoms with Crippen LogP contribution < -0.4 is 10.2 Å². The zero-order valence-electron chi connectivity index (χ0n) is 15.5.